The van der Waals surface area contributed by atoms with Crippen molar-refractivity contribution in [3.05, 3.63) is 67.1 Å². The number of aromatic hydroxyl groups is 1. The summed E-state index contributed by atoms with van der Waals surface area (Å²) in [4.78, 5) is 17.5. The molecule has 6 heteroatoms. The Bertz CT molecular complexity index is 987. The van der Waals surface area contributed by atoms with Crippen LogP contribution in [0.3, 0.4) is 0 Å². The molecule has 0 radical (unpaired) electrons. The van der Waals surface area contributed by atoms with Crippen molar-refractivity contribution in [1.29, 1.82) is 0 Å². The van der Waals surface area contributed by atoms with E-state index in [1.54, 1.807) is 42.9 Å². The summed E-state index contributed by atoms with van der Waals surface area (Å²) in [5.74, 6) is 1.54. The van der Waals surface area contributed by atoms with Crippen LogP contribution in [-0.2, 0) is 0 Å². The molecule has 4 aromatic rings. The fourth-order valence-electron chi connectivity index (χ4n) is 2.32. The van der Waals surface area contributed by atoms with Gasteiger partial charge in [-0.2, -0.15) is 0 Å². The van der Waals surface area contributed by atoms with Crippen LogP contribution in [0, 0.1) is 0 Å². The fourth-order valence-corrected chi connectivity index (χ4v) is 2.32. The molecule has 2 N–H and O–H groups in total. The molecule has 0 aliphatic heterocycles. The molecule has 0 atom stereocenters. The fraction of sp³-hybridized carbons (Fsp3) is 0. The quantitative estimate of drug-likeness (QED) is 0.601. The zero-order valence-corrected chi connectivity index (χ0v) is 12.6. The predicted molar refractivity (Wildman–Crippen MR) is 92.0 cm³/mol. The van der Waals surface area contributed by atoms with Crippen molar-refractivity contribution in [2.24, 2.45) is 0 Å². The lowest BCUT2D eigenvalue weighted by atomic mass is 10.2. The van der Waals surface area contributed by atoms with Gasteiger partial charge in [-0.05, 0) is 42.5 Å². The van der Waals surface area contributed by atoms with Crippen LogP contribution in [0.25, 0.3) is 22.4 Å². The van der Waals surface area contributed by atoms with Gasteiger partial charge in [-0.15, -0.1) is 0 Å². The van der Waals surface area contributed by atoms with Crippen LogP contribution in [0.2, 0.25) is 0 Å². The van der Waals surface area contributed by atoms with E-state index in [1.807, 2.05) is 24.3 Å². The summed E-state index contributed by atoms with van der Waals surface area (Å²) in [6.45, 7) is 0. The molecule has 0 aliphatic rings. The molecule has 3 heterocycles. The second-order valence-electron chi connectivity index (χ2n) is 5.21. The average molecular weight is 315 g/mol. The van der Waals surface area contributed by atoms with Crippen LogP contribution in [0.4, 0.5) is 11.5 Å². The number of nitrogens with one attached hydrogen (secondary N) is 1. The number of anilines is 2. The van der Waals surface area contributed by atoms with E-state index in [9.17, 15) is 5.11 Å². The molecule has 116 valence electrons. The van der Waals surface area contributed by atoms with Crippen molar-refractivity contribution in [2.75, 3.05) is 5.32 Å². The van der Waals surface area contributed by atoms with Crippen molar-refractivity contribution >= 4 is 22.5 Å². The summed E-state index contributed by atoms with van der Waals surface area (Å²) in [5, 5.41) is 12.6. The van der Waals surface area contributed by atoms with E-state index >= 15 is 0 Å². The Kier molecular flexibility index (Phi) is 3.47. The maximum atomic E-state index is 9.39. The van der Waals surface area contributed by atoms with Gasteiger partial charge >= 0.3 is 0 Å². The number of aromatic nitrogens is 4. The number of phenols is 1. The number of hydrogen-bond acceptors (Lipinski definition) is 6. The Morgan fingerprint density at radius 3 is 2.50 bits per heavy atom. The van der Waals surface area contributed by atoms with Gasteiger partial charge in [0.2, 0.25) is 0 Å². The molecule has 0 fully saturated rings. The average Bonchev–Trinajstić information content (AvgIpc) is 2.63. The number of pyridine rings is 2. The van der Waals surface area contributed by atoms with E-state index in [-0.39, 0.29) is 5.75 Å². The standard InChI is InChI=1S/C18H13N5O/c24-14-6-4-12(5-7-14)18-21-11-16-15(23-18)9-13(10-20-16)22-17-3-1-2-8-19-17/h1-11,24H,(H,19,22). The molecule has 0 saturated heterocycles. The third-order valence-electron chi connectivity index (χ3n) is 3.50. The van der Waals surface area contributed by atoms with Gasteiger partial charge in [-0.1, -0.05) is 6.07 Å². The Hall–Kier alpha value is -3.54. The van der Waals surface area contributed by atoms with Crippen LogP contribution >= 0.6 is 0 Å². The van der Waals surface area contributed by atoms with E-state index in [2.05, 4.69) is 25.3 Å². The number of benzene rings is 1. The lowest BCUT2D eigenvalue weighted by molar-refractivity contribution is 0.475. The van der Waals surface area contributed by atoms with Gasteiger partial charge in [-0.25, -0.2) is 15.0 Å². The van der Waals surface area contributed by atoms with E-state index in [0.29, 0.717) is 11.3 Å². The van der Waals surface area contributed by atoms with Gasteiger partial charge in [0, 0.05) is 11.8 Å². The highest BCUT2D eigenvalue weighted by atomic mass is 16.3. The third-order valence-corrected chi connectivity index (χ3v) is 3.50. The van der Waals surface area contributed by atoms with Crippen molar-refractivity contribution < 1.29 is 5.11 Å². The minimum Gasteiger partial charge on any atom is -0.508 e. The highest BCUT2D eigenvalue weighted by molar-refractivity contribution is 5.79. The van der Waals surface area contributed by atoms with E-state index in [1.165, 1.54) is 0 Å². The second-order valence-corrected chi connectivity index (χ2v) is 5.21. The number of nitrogens with zero attached hydrogens (tertiary/aromatic N) is 4. The van der Waals surface area contributed by atoms with Gasteiger partial charge in [-0.3, -0.25) is 4.98 Å². The Labute approximate surface area is 137 Å². The number of hydrogen-bond donors (Lipinski definition) is 2. The molecule has 1 aromatic carbocycles. The molecule has 0 saturated carbocycles. The predicted octanol–water partition coefficient (Wildman–Crippen LogP) is 3.54. The van der Waals surface area contributed by atoms with E-state index in [4.69, 9.17) is 0 Å². The van der Waals surface area contributed by atoms with Gasteiger partial charge in [0.15, 0.2) is 5.82 Å². The SMILES string of the molecule is Oc1ccc(-c2ncc3ncc(Nc4ccccn4)cc3n2)cc1. The lowest BCUT2D eigenvalue weighted by Crippen LogP contribution is -1.96. The van der Waals surface area contributed by atoms with Crippen LogP contribution < -0.4 is 5.32 Å². The Balaban J connectivity index is 1.71. The molecule has 0 unspecified atom stereocenters. The summed E-state index contributed by atoms with van der Waals surface area (Å²) in [7, 11) is 0. The maximum Gasteiger partial charge on any atom is 0.159 e. The van der Waals surface area contributed by atoms with Crippen LogP contribution in [0.15, 0.2) is 67.1 Å². The van der Waals surface area contributed by atoms with E-state index < -0.39 is 0 Å². The molecular formula is C18H13N5O. The van der Waals surface area contributed by atoms with Gasteiger partial charge < -0.3 is 10.4 Å². The molecule has 0 spiro atoms. The molecule has 0 bridgehead atoms. The maximum absolute atomic E-state index is 9.39. The summed E-state index contributed by atoms with van der Waals surface area (Å²) in [6, 6.07) is 14.3. The van der Waals surface area contributed by atoms with Crippen molar-refractivity contribution in [3.63, 3.8) is 0 Å². The normalized spacial score (nSPS) is 10.7. The Morgan fingerprint density at radius 2 is 1.71 bits per heavy atom. The van der Waals surface area contributed by atoms with Crippen LogP contribution in [-0.4, -0.2) is 25.0 Å². The molecule has 4 rings (SSSR count). The minimum absolute atomic E-state index is 0.211. The van der Waals surface area contributed by atoms with Crippen LogP contribution in [0.1, 0.15) is 0 Å². The molecule has 6 nitrogen and oxygen atoms in total. The van der Waals surface area contributed by atoms with Gasteiger partial charge in [0.05, 0.1) is 23.6 Å². The molecule has 24 heavy (non-hydrogen) atoms. The summed E-state index contributed by atoms with van der Waals surface area (Å²) in [5.41, 5.74) is 3.08. The van der Waals surface area contributed by atoms with Crippen molar-refractivity contribution in [3.8, 4) is 17.1 Å². The second kappa shape index (κ2) is 5.92. The monoisotopic (exact) mass is 315 g/mol. The van der Waals surface area contributed by atoms with E-state index in [0.717, 1.165) is 22.6 Å². The molecule has 0 aliphatic carbocycles. The molecular weight excluding hydrogens is 302 g/mol. The van der Waals surface area contributed by atoms with Gasteiger partial charge in [0.1, 0.15) is 17.1 Å². The zero-order chi connectivity index (χ0) is 16.4. The zero-order valence-electron chi connectivity index (χ0n) is 12.6. The number of rotatable bonds is 3. The Morgan fingerprint density at radius 1 is 0.833 bits per heavy atom. The smallest absolute Gasteiger partial charge is 0.159 e. The lowest BCUT2D eigenvalue weighted by Gasteiger charge is -2.06. The highest BCUT2D eigenvalue weighted by Crippen LogP contribution is 2.22. The summed E-state index contributed by atoms with van der Waals surface area (Å²) in [6.07, 6.45) is 5.14. The minimum atomic E-state index is 0.211. The first kappa shape index (κ1) is 14.1. The first-order valence-corrected chi connectivity index (χ1v) is 7.38. The topological polar surface area (TPSA) is 83.8 Å². The highest BCUT2D eigenvalue weighted by Gasteiger charge is 2.06. The first-order chi connectivity index (χ1) is 11.8. The van der Waals surface area contributed by atoms with Gasteiger partial charge in [0.25, 0.3) is 0 Å². The van der Waals surface area contributed by atoms with Crippen molar-refractivity contribution in [1.82, 2.24) is 19.9 Å². The number of fused-ring (bicyclic) bond motifs is 1. The summed E-state index contributed by atoms with van der Waals surface area (Å²) >= 11 is 0. The summed E-state index contributed by atoms with van der Waals surface area (Å²) < 4.78 is 0. The third kappa shape index (κ3) is 2.85. The number of phenolic OH excluding ortho intramolecular Hbond substituents is 1. The van der Waals surface area contributed by atoms with Crippen molar-refractivity contribution in [2.45, 2.75) is 0 Å². The largest absolute Gasteiger partial charge is 0.508 e. The van der Waals surface area contributed by atoms with Crippen LogP contribution in [0.5, 0.6) is 5.75 Å². The molecule has 3 aromatic heterocycles. The first-order valence-electron chi connectivity index (χ1n) is 7.38. The molecule has 0 amide bonds.